The van der Waals surface area contributed by atoms with Crippen molar-refractivity contribution in [2.45, 2.75) is 45.8 Å². The van der Waals surface area contributed by atoms with E-state index >= 15 is 0 Å². The van der Waals surface area contributed by atoms with Crippen molar-refractivity contribution in [1.82, 2.24) is 14.6 Å². The lowest BCUT2D eigenvalue weighted by atomic mass is 10.0. The molecule has 0 saturated heterocycles. The minimum atomic E-state index is -0.768. The SMILES string of the molecule is CC(C)Oc1cncc(C(O)c2snnc2C(C)C)c1. The number of pyridine rings is 1. The number of nitrogens with zero attached hydrogens (tertiary/aromatic N) is 3. The van der Waals surface area contributed by atoms with E-state index in [4.69, 9.17) is 4.74 Å². The molecule has 20 heavy (non-hydrogen) atoms. The lowest BCUT2D eigenvalue weighted by molar-refractivity contribution is 0.217. The zero-order valence-electron chi connectivity index (χ0n) is 12.1. The van der Waals surface area contributed by atoms with Gasteiger partial charge in [0, 0.05) is 11.8 Å². The van der Waals surface area contributed by atoms with Gasteiger partial charge in [0.25, 0.3) is 0 Å². The number of aliphatic hydroxyl groups excluding tert-OH is 1. The number of ether oxygens (including phenoxy) is 1. The standard InChI is InChI=1S/C14H19N3O2S/c1-8(2)12-14(20-17-16-12)13(18)10-5-11(7-15-6-10)19-9(3)4/h5-9,13,18H,1-4H3. The average Bonchev–Trinajstić information content (AvgIpc) is 2.86. The molecule has 0 aliphatic rings. The molecule has 0 fully saturated rings. The van der Waals surface area contributed by atoms with Crippen LogP contribution < -0.4 is 4.74 Å². The van der Waals surface area contributed by atoms with E-state index in [1.807, 2.05) is 33.8 Å². The molecule has 1 unspecified atom stereocenters. The lowest BCUT2D eigenvalue weighted by Crippen LogP contribution is -2.07. The molecule has 6 heteroatoms. The van der Waals surface area contributed by atoms with Crippen LogP contribution in [0.5, 0.6) is 5.75 Å². The summed E-state index contributed by atoms with van der Waals surface area (Å²) in [5.74, 6) is 0.876. The summed E-state index contributed by atoms with van der Waals surface area (Å²) in [6.07, 6.45) is 2.59. The number of aromatic nitrogens is 3. The topological polar surface area (TPSA) is 68.1 Å². The molecule has 5 nitrogen and oxygen atoms in total. The summed E-state index contributed by atoms with van der Waals surface area (Å²) in [5, 5.41) is 14.6. The van der Waals surface area contributed by atoms with Gasteiger partial charge in [-0.05, 0) is 37.4 Å². The molecule has 1 atom stereocenters. The van der Waals surface area contributed by atoms with Crippen molar-refractivity contribution in [3.05, 3.63) is 34.6 Å². The highest BCUT2D eigenvalue weighted by Crippen LogP contribution is 2.31. The van der Waals surface area contributed by atoms with Crippen LogP contribution in [-0.4, -0.2) is 25.8 Å². The smallest absolute Gasteiger partial charge is 0.138 e. The van der Waals surface area contributed by atoms with Crippen molar-refractivity contribution in [2.24, 2.45) is 0 Å². The van der Waals surface area contributed by atoms with Crippen molar-refractivity contribution in [1.29, 1.82) is 0 Å². The predicted octanol–water partition coefficient (Wildman–Crippen LogP) is 2.93. The van der Waals surface area contributed by atoms with Crippen molar-refractivity contribution in [2.75, 3.05) is 0 Å². The quantitative estimate of drug-likeness (QED) is 0.918. The van der Waals surface area contributed by atoms with Crippen molar-refractivity contribution < 1.29 is 9.84 Å². The molecule has 0 aliphatic carbocycles. The lowest BCUT2D eigenvalue weighted by Gasteiger charge is -2.14. The average molecular weight is 293 g/mol. The van der Waals surface area contributed by atoms with Gasteiger partial charge in [0.15, 0.2) is 0 Å². The van der Waals surface area contributed by atoms with Crippen molar-refractivity contribution >= 4 is 11.5 Å². The fourth-order valence-electron chi connectivity index (χ4n) is 1.87. The molecule has 2 heterocycles. The number of hydrogen-bond acceptors (Lipinski definition) is 6. The summed E-state index contributed by atoms with van der Waals surface area (Å²) in [7, 11) is 0. The third-order valence-corrected chi connectivity index (χ3v) is 3.55. The molecule has 0 aliphatic heterocycles. The van der Waals surface area contributed by atoms with Crippen LogP contribution in [0.25, 0.3) is 0 Å². The van der Waals surface area contributed by atoms with E-state index in [1.54, 1.807) is 12.4 Å². The Morgan fingerprint density at radius 3 is 2.60 bits per heavy atom. The maximum atomic E-state index is 10.5. The van der Waals surface area contributed by atoms with Crippen LogP contribution >= 0.6 is 11.5 Å². The largest absolute Gasteiger partial charge is 0.489 e. The molecule has 1 N–H and O–H groups in total. The molecular formula is C14H19N3O2S. The highest BCUT2D eigenvalue weighted by molar-refractivity contribution is 7.05. The van der Waals surface area contributed by atoms with Crippen LogP contribution in [0.15, 0.2) is 18.5 Å². The van der Waals surface area contributed by atoms with Gasteiger partial charge in [0.05, 0.1) is 22.9 Å². The summed E-state index contributed by atoms with van der Waals surface area (Å²) in [5.41, 5.74) is 1.52. The Morgan fingerprint density at radius 1 is 1.20 bits per heavy atom. The molecule has 0 bridgehead atoms. The third kappa shape index (κ3) is 3.32. The van der Waals surface area contributed by atoms with Gasteiger partial charge < -0.3 is 9.84 Å². The Balaban J connectivity index is 2.28. The third-order valence-electron chi connectivity index (χ3n) is 2.76. The first-order valence-corrected chi connectivity index (χ1v) is 7.38. The van der Waals surface area contributed by atoms with Crippen LogP contribution in [0, 0.1) is 0 Å². The van der Waals surface area contributed by atoms with E-state index in [1.165, 1.54) is 11.5 Å². The van der Waals surface area contributed by atoms with E-state index in [-0.39, 0.29) is 12.0 Å². The summed E-state index contributed by atoms with van der Waals surface area (Å²) < 4.78 is 9.54. The molecule has 2 rings (SSSR count). The van der Waals surface area contributed by atoms with Crippen molar-refractivity contribution in [3.8, 4) is 5.75 Å². The van der Waals surface area contributed by atoms with E-state index in [0.29, 0.717) is 11.3 Å². The van der Waals surface area contributed by atoms with E-state index in [9.17, 15) is 5.11 Å². The molecule has 0 radical (unpaired) electrons. The van der Waals surface area contributed by atoms with Crippen LogP contribution in [0.3, 0.4) is 0 Å². The molecule has 2 aromatic heterocycles. The molecule has 0 amide bonds. The molecule has 0 saturated carbocycles. The van der Waals surface area contributed by atoms with E-state index < -0.39 is 6.10 Å². The highest BCUT2D eigenvalue weighted by atomic mass is 32.1. The number of rotatable bonds is 5. The first-order chi connectivity index (χ1) is 9.49. The van der Waals surface area contributed by atoms with Crippen LogP contribution in [-0.2, 0) is 0 Å². The minimum Gasteiger partial charge on any atom is -0.489 e. The Morgan fingerprint density at radius 2 is 1.95 bits per heavy atom. The first kappa shape index (κ1) is 14.9. The Bertz CT molecular complexity index is 569. The van der Waals surface area contributed by atoms with Crippen LogP contribution in [0.2, 0.25) is 0 Å². The fraction of sp³-hybridized carbons (Fsp3) is 0.500. The number of aliphatic hydroxyl groups is 1. The Hall–Kier alpha value is -1.53. The van der Waals surface area contributed by atoms with Gasteiger partial charge in [-0.15, -0.1) is 5.10 Å². The van der Waals surface area contributed by atoms with Crippen LogP contribution in [0.1, 0.15) is 55.9 Å². The monoisotopic (exact) mass is 293 g/mol. The van der Waals surface area contributed by atoms with E-state index in [2.05, 4.69) is 14.6 Å². The van der Waals surface area contributed by atoms with E-state index in [0.717, 1.165) is 10.6 Å². The zero-order chi connectivity index (χ0) is 14.7. The first-order valence-electron chi connectivity index (χ1n) is 6.60. The van der Waals surface area contributed by atoms with Gasteiger partial charge in [-0.1, -0.05) is 18.3 Å². The second kappa shape index (κ2) is 6.28. The maximum absolute atomic E-state index is 10.5. The summed E-state index contributed by atoms with van der Waals surface area (Å²) >= 11 is 1.22. The van der Waals surface area contributed by atoms with Gasteiger partial charge in [0.2, 0.25) is 0 Å². The fourth-order valence-corrected chi connectivity index (χ4v) is 2.69. The summed E-state index contributed by atoms with van der Waals surface area (Å²) in [6.45, 7) is 7.97. The molecule has 108 valence electrons. The van der Waals surface area contributed by atoms with Crippen molar-refractivity contribution in [3.63, 3.8) is 0 Å². The molecular weight excluding hydrogens is 274 g/mol. The van der Waals surface area contributed by atoms with Gasteiger partial charge in [-0.3, -0.25) is 4.98 Å². The van der Waals surface area contributed by atoms with Gasteiger partial charge in [-0.25, -0.2) is 0 Å². The van der Waals surface area contributed by atoms with Gasteiger partial charge >= 0.3 is 0 Å². The zero-order valence-corrected chi connectivity index (χ0v) is 12.9. The Kier molecular flexibility index (Phi) is 4.67. The Labute approximate surface area is 122 Å². The molecule has 2 aromatic rings. The summed E-state index contributed by atoms with van der Waals surface area (Å²) in [4.78, 5) is 4.89. The highest BCUT2D eigenvalue weighted by Gasteiger charge is 2.21. The maximum Gasteiger partial charge on any atom is 0.138 e. The molecule has 0 spiro atoms. The number of hydrogen-bond donors (Lipinski definition) is 1. The van der Waals surface area contributed by atoms with Crippen LogP contribution in [0.4, 0.5) is 0 Å². The normalized spacial score (nSPS) is 12.9. The molecule has 0 aromatic carbocycles. The summed E-state index contributed by atoms with van der Waals surface area (Å²) in [6, 6.07) is 1.81. The van der Waals surface area contributed by atoms with Gasteiger partial charge in [-0.2, -0.15) is 0 Å². The minimum absolute atomic E-state index is 0.0699. The predicted molar refractivity (Wildman–Crippen MR) is 78.1 cm³/mol. The second-order valence-electron chi connectivity index (χ2n) is 5.20. The second-order valence-corrected chi connectivity index (χ2v) is 5.99. The van der Waals surface area contributed by atoms with Gasteiger partial charge in [0.1, 0.15) is 11.9 Å².